The number of nitrogens with one attached hydrogen (secondary N) is 1. The van der Waals surface area contributed by atoms with Crippen LogP contribution in [0.25, 0.3) is 0 Å². The van der Waals surface area contributed by atoms with Crippen molar-refractivity contribution in [2.45, 2.75) is 13.0 Å². The van der Waals surface area contributed by atoms with Crippen LogP contribution in [0.4, 0.5) is 10.2 Å². The first kappa shape index (κ1) is 13.1. The number of anilines is 1. The van der Waals surface area contributed by atoms with E-state index in [2.05, 4.69) is 10.3 Å². The molecule has 1 N–H and O–H groups in total. The van der Waals surface area contributed by atoms with Crippen molar-refractivity contribution in [2.75, 3.05) is 5.32 Å². The molecule has 18 heavy (non-hydrogen) atoms. The van der Waals surface area contributed by atoms with Gasteiger partial charge in [-0.05, 0) is 30.7 Å². The lowest BCUT2D eigenvalue weighted by Gasteiger charge is -2.16. The zero-order valence-corrected chi connectivity index (χ0v) is 11.1. The lowest BCUT2D eigenvalue weighted by Crippen LogP contribution is -2.09. The normalized spacial score (nSPS) is 12.2. The summed E-state index contributed by atoms with van der Waals surface area (Å²) in [6.07, 6.45) is 0. The van der Waals surface area contributed by atoms with Gasteiger partial charge in [0.15, 0.2) is 0 Å². The Balaban J connectivity index is 2.22. The molecule has 0 aliphatic rings. The Bertz CT molecular complexity index is 560. The highest BCUT2D eigenvalue weighted by atomic mass is 35.5. The molecule has 0 spiro atoms. The molecule has 0 saturated heterocycles. The van der Waals surface area contributed by atoms with Gasteiger partial charge in [0.2, 0.25) is 5.95 Å². The number of halogens is 3. The van der Waals surface area contributed by atoms with E-state index in [-0.39, 0.29) is 6.04 Å². The van der Waals surface area contributed by atoms with Crippen molar-refractivity contribution in [2.24, 2.45) is 0 Å². The molecular weight excluding hydrogens is 274 g/mol. The van der Waals surface area contributed by atoms with Gasteiger partial charge < -0.3 is 5.32 Å². The number of rotatable bonds is 3. The second-order valence-corrected chi connectivity index (χ2v) is 4.64. The van der Waals surface area contributed by atoms with Crippen LogP contribution in [0, 0.1) is 5.95 Å². The molecule has 0 saturated carbocycles. The highest BCUT2D eigenvalue weighted by molar-refractivity contribution is 6.42. The number of pyridine rings is 1. The molecule has 2 nitrogen and oxygen atoms in total. The van der Waals surface area contributed by atoms with Gasteiger partial charge in [-0.1, -0.05) is 41.4 Å². The van der Waals surface area contributed by atoms with Crippen LogP contribution in [0.5, 0.6) is 0 Å². The van der Waals surface area contributed by atoms with E-state index in [0.717, 1.165) is 5.56 Å². The summed E-state index contributed by atoms with van der Waals surface area (Å²) in [6, 6.07) is 9.87. The van der Waals surface area contributed by atoms with Crippen molar-refractivity contribution in [1.29, 1.82) is 0 Å². The number of hydrogen-bond acceptors (Lipinski definition) is 2. The molecule has 1 aromatic carbocycles. The molecule has 0 fully saturated rings. The van der Waals surface area contributed by atoms with Crippen molar-refractivity contribution in [3.63, 3.8) is 0 Å². The van der Waals surface area contributed by atoms with Gasteiger partial charge in [0.1, 0.15) is 5.82 Å². The van der Waals surface area contributed by atoms with Crippen molar-refractivity contribution >= 4 is 29.0 Å². The van der Waals surface area contributed by atoms with Gasteiger partial charge in [-0.3, -0.25) is 0 Å². The van der Waals surface area contributed by atoms with Crippen LogP contribution in [0.15, 0.2) is 36.4 Å². The molecule has 1 atom stereocenters. The van der Waals surface area contributed by atoms with Gasteiger partial charge in [-0.15, -0.1) is 0 Å². The third-order valence-corrected chi connectivity index (χ3v) is 3.36. The maximum absolute atomic E-state index is 13.0. The Labute approximate surface area is 115 Å². The second-order valence-electron chi connectivity index (χ2n) is 3.85. The monoisotopic (exact) mass is 284 g/mol. The number of aromatic nitrogens is 1. The van der Waals surface area contributed by atoms with Crippen LogP contribution in [0.3, 0.4) is 0 Å². The molecule has 0 aliphatic heterocycles. The highest BCUT2D eigenvalue weighted by Gasteiger charge is 2.12. The van der Waals surface area contributed by atoms with Crippen LogP contribution in [0.1, 0.15) is 18.5 Å². The van der Waals surface area contributed by atoms with Crippen LogP contribution in [-0.4, -0.2) is 4.98 Å². The molecule has 0 radical (unpaired) electrons. The zero-order valence-electron chi connectivity index (χ0n) is 9.62. The van der Waals surface area contributed by atoms with E-state index in [1.807, 2.05) is 19.1 Å². The summed E-state index contributed by atoms with van der Waals surface area (Å²) in [6.45, 7) is 1.91. The van der Waals surface area contributed by atoms with E-state index in [4.69, 9.17) is 23.2 Å². The third-order valence-electron chi connectivity index (χ3n) is 2.53. The summed E-state index contributed by atoms with van der Waals surface area (Å²) in [5.41, 5.74) is 0.843. The Morgan fingerprint density at radius 3 is 2.61 bits per heavy atom. The van der Waals surface area contributed by atoms with E-state index >= 15 is 0 Å². The van der Waals surface area contributed by atoms with E-state index in [1.54, 1.807) is 18.2 Å². The summed E-state index contributed by atoms with van der Waals surface area (Å²) in [7, 11) is 0. The van der Waals surface area contributed by atoms with Crippen LogP contribution >= 0.6 is 23.2 Å². The minimum Gasteiger partial charge on any atom is -0.363 e. The SMILES string of the molecule is CC(Nc1cccc(F)n1)c1cccc(Cl)c1Cl. The maximum Gasteiger partial charge on any atom is 0.214 e. The number of benzene rings is 1. The van der Waals surface area contributed by atoms with Gasteiger partial charge >= 0.3 is 0 Å². The van der Waals surface area contributed by atoms with Gasteiger partial charge in [0.25, 0.3) is 0 Å². The molecule has 94 valence electrons. The van der Waals surface area contributed by atoms with Gasteiger partial charge in [-0.2, -0.15) is 4.39 Å². The van der Waals surface area contributed by atoms with E-state index in [9.17, 15) is 4.39 Å². The molecule has 0 aliphatic carbocycles. The lowest BCUT2D eigenvalue weighted by atomic mass is 10.1. The van der Waals surface area contributed by atoms with Crippen LogP contribution in [-0.2, 0) is 0 Å². The maximum atomic E-state index is 13.0. The van der Waals surface area contributed by atoms with Crippen molar-refractivity contribution < 1.29 is 4.39 Å². The Morgan fingerprint density at radius 1 is 1.17 bits per heavy atom. The predicted octanol–water partition coefficient (Wildman–Crippen LogP) is 4.70. The van der Waals surface area contributed by atoms with Gasteiger partial charge in [-0.25, -0.2) is 4.98 Å². The Hall–Kier alpha value is -1.32. The highest BCUT2D eigenvalue weighted by Crippen LogP contribution is 2.31. The number of nitrogens with zero attached hydrogens (tertiary/aromatic N) is 1. The second kappa shape index (κ2) is 5.55. The van der Waals surface area contributed by atoms with Crippen molar-refractivity contribution in [3.05, 3.63) is 58.0 Å². The molecule has 1 heterocycles. The third kappa shape index (κ3) is 2.92. The minimum atomic E-state index is -0.524. The summed E-state index contributed by atoms with van der Waals surface area (Å²) < 4.78 is 13.0. The van der Waals surface area contributed by atoms with Crippen LogP contribution in [0.2, 0.25) is 10.0 Å². The zero-order chi connectivity index (χ0) is 13.1. The average molecular weight is 285 g/mol. The average Bonchev–Trinajstić information content (AvgIpc) is 2.32. The van der Waals surface area contributed by atoms with Crippen LogP contribution < -0.4 is 5.32 Å². The first-order chi connectivity index (χ1) is 8.58. The Kier molecular flexibility index (Phi) is 4.04. The topological polar surface area (TPSA) is 24.9 Å². The summed E-state index contributed by atoms with van der Waals surface area (Å²) in [5.74, 6) is -0.0667. The Morgan fingerprint density at radius 2 is 1.89 bits per heavy atom. The fraction of sp³-hybridized carbons (Fsp3) is 0.154. The quantitative estimate of drug-likeness (QED) is 0.827. The first-order valence-electron chi connectivity index (χ1n) is 5.41. The molecule has 2 rings (SSSR count). The van der Waals surface area contributed by atoms with E-state index < -0.39 is 5.95 Å². The predicted molar refractivity (Wildman–Crippen MR) is 72.7 cm³/mol. The molecule has 1 aromatic heterocycles. The lowest BCUT2D eigenvalue weighted by molar-refractivity contribution is 0.584. The summed E-state index contributed by atoms with van der Waals surface area (Å²) in [5, 5.41) is 4.06. The molecular formula is C13H11Cl2FN2. The van der Waals surface area contributed by atoms with Gasteiger partial charge in [0.05, 0.1) is 16.1 Å². The molecule has 0 amide bonds. The minimum absolute atomic E-state index is 0.120. The van der Waals surface area contributed by atoms with E-state index in [1.165, 1.54) is 6.07 Å². The largest absolute Gasteiger partial charge is 0.363 e. The molecule has 2 aromatic rings. The summed E-state index contributed by atoms with van der Waals surface area (Å²) >= 11 is 12.1. The van der Waals surface area contributed by atoms with Crippen molar-refractivity contribution in [3.8, 4) is 0 Å². The fourth-order valence-corrected chi connectivity index (χ4v) is 2.11. The van der Waals surface area contributed by atoms with Crippen molar-refractivity contribution in [1.82, 2.24) is 4.98 Å². The smallest absolute Gasteiger partial charge is 0.214 e. The van der Waals surface area contributed by atoms with E-state index in [0.29, 0.717) is 15.9 Å². The van der Waals surface area contributed by atoms with Gasteiger partial charge in [0, 0.05) is 0 Å². The molecule has 5 heteroatoms. The number of hydrogen-bond donors (Lipinski definition) is 1. The first-order valence-corrected chi connectivity index (χ1v) is 6.16. The molecule has 0 bridgehead atoms. The summed E-state index contributed by atoms with van der Waals surface area (Å²) in [4.78, 5) is 3.74. The standard InChI is InChI=1S/C13H11Cl2FN2/c1-8(9-4-2-5-10(14)13(9)15)17-12-7-3-6-11(16)18-12/h2-8H,1H3,(H,17,18). The molecule has 1 unspecified atom stereocenters. The fourth-order valence-electron chi connectivity index (χ4n) is 1.64.